The topological polar surface area (TPSA) is 59.0 Å². The van der Waals surface area contributed by atoms with Gasteiger partial charge in [-0.1, -0.05) is 20.8 Å². The van der Waals surface area contributed by atoms with Gasteiger partial charge in [0.15, 0.2) is 0 Å². The van der Waals surface area contributed by atoms with Gasteiger partial charge in [-0.25, -0.2) is 0 Å². The second-order valence-electron chi connectivity index (χ2n) is 6.40. The van der Waals surface area contributed by atoms with Crippen molar-refractivity contribution in [3.8, 4) is 0 Å². The van der Waals surface area contributed by atoms with Gasteiger partial charge in [-0.2, -0.15) is 5.06 Å². The minimum absolute atomic E-state index is 0.273. The molecule has 0 rings (SSSR count). The molecule has 0 amide bonds. The summed E-state index contributed by atoms with van der Waals surface area (Å²) in [6, 6.07) is 0. The molecule has 2 unspecified atom stereocenters. The average Bonchev–Trinajstić information content (AvgIpc) is 2.14. The predicted molar refractivity (Wildman–Crippen MR) is 72.9 cm³/mol. The molecule has 18 heavy (non-hydrogen) atoms. The monoisotopic (exact) mass is 281 g/mol. The highest BCUT2D eigenvalue weighted by molar-refractivity contribution is 7.54. The minimum Gasteiger partial charge on any atom is -0.313 e. The van der Waals surface area contributed by atoms with E-state index in [2.05, 4.69) is 0 Å². The van der Waals surface area contributed by atoms with E-state index in [1.165, 1.54) is 7.11 Å². The van der Waals surface area contributed by atoms with E-state index in [-0.39, 0.29) is 6.61 Å². The Balaban J connectivity index is 5.58. The molecule has 0 saturated carbocycles. The molecule has 110 valence electrons. The first-order chi connectivity index (χ1) is 7.90. The van der Waals surface area contributed by atoms with E-state index in [9.17, 15) is 9.77 Å². The van der Waals surface area contributed by atoms with Gasteiger partial charge in [-0.15, -0.1) is 0 Å². The van der Waals surface area contributed by atoms with Crippen molar-refractivity contribution in [1.82, 2.24) is 5.06 Å². The lowest BCUT2D eigenvalue weighted by atomic mass is 9.94. The number of hydroxylamine groups is 2. The Morgan fingerprint density at radius 2 is 1.67 bits per heavy atom. The first-order valence-electron chi connectivity index (χ1n) is 6.18. The van der Waals surface area contributed by atoms with E-state index < -0.39 is 24.3 Å². The molecule has 0 spiro atoms. The van der Waals surface area contributed by atoms with E-state index in [1.54, 1.807) is 6.92 Å². The Morgan fingerprint density at radius 3 is 1.89 bits per heavy atom. The summed E-state index contributed by atoms with van der Waals surface area (Å²) in [4.78, 5) is 0. The van der Waals surface area contributed by atoms with Crippen LogP contribution in [0.1, 0.15) is 48.5 Å². The molecule has 0 aromatic heterocycles. The van der Waals surface area contributed by atoms with Crippen LogP contribution in [0.4, 0.5) is 0 Å². The summed E-state index contributed by atoms with van der Waals surface area (Å²) in [6.07, 6.45) is 0. The molecule has 6 heteroatoms. The lowest BCUT2D eigenvalue weighted by Crippen LogP contribution is -2.51. The van der Waals surface area contributed by atoms with E-state index in [1.807, 2.05) is 41.5 Å². The maximum absolute atomic E-state index is 12.8. The summed E-state index contributed by atoms with van der Waals surface area (Å²) in [7, 11) is -2.06. The minimum atomic E-state index is -3.41. The molecule has 1 N–H and O–H groups in total. The lowest BCUT2D eigenvalue weighted by molar-refractivity contribution is -0.190. The molecule has 0 aliphatic heterocycles. The van der Waals surface area contributed by atoms with Crippen LogP contribution in [0.15, 0.2) is 0 Å². The summed E-state index contributed by atoms with van der Waals surface area (Å²) in [6.45, 7) is 13.3. The molecule has 5 nitrogen and oxygen atoms in total. The van der Waals surface area contributed by atoms with Crippen LogP contribution in [-0.4, -0.2) is 35.3 Å². The summed E-state index contributed by atoms with van der Waals surface area (Å²) >= 11 is 0. The Labute approximate surface area is 111 Å². The van der Waals surface area contributed by atoms with Gasteiger partial charge < -0.3 is 14.3 Å². The molecule has 0 fully saturated rings. The van der Waals surface area contributed by atoms with Crippen molar-refractivity contribution in [3.63, 3.8) is 0 Å². The highest BCUT2D eigenvalue weighted by Crippen LogP contribution is 2.59. The van der Waals surface area contributed by atoms with Crippen LogP contribution in [0.5, 0.6) is 0 Å². The van der Waals surface area contributed by atoms with Crippen LogP contribution in [0.3, 0.4) is 0 Å². The maximum Gasteiger partial charge on any atom is 0.350 e. The van der Waals surface area contributed by atoms with Crippen molar-refractivity contribution in [3.05, 3.63) is 0 Å². The zero-order valence-electron chi connectivity index (χ0n) is 12.9. The molecular weight excluding hydrogens is 253 g/mol. The van der Waals surface area contributed by atoms with Crippen molar-refractivity contribution >= 4 is 7.60 Å². The normalized spacial score (nSPS) is 18.8. The van der Waals surface area contributed by atoms with Gasteiger partial charge >= 0.3 is 7.60 Å². The quantitative estimate of drug-likeness (QED) is 0.614. The Morgan fingerprint density at radius 1 is 1.22 bits per heavy atom. The molecule has 0 saturated heterocycles. The molecule has 0 heterocycles. The third kappa shape index (κ3) is 4.32. The van der Waals surface area contributed by atoms with Crippen LogP contribution >= 0.6 is 7.60 Å². The van der Waals surface area contributed by atoms with E-state index >= 15 is 0 Å². The second kappa shape index (κ2) is 6.02. The van der Waals surface area contributed by atoms with Crippen molar-refractivity contribution in [2.24, 2.45) is 5.41 Å². The molecule has 0 bridgehead atoms. The summed E-state index contributed by atoms with van der Waals surface area (Å²) < 4.78 is 23.2. The fourth-order valence-corrected chi connectivity index (χ4v) is 4.11. The van der Waals surface area contributed by atoms with Crippen molar-refractivity contribution in [1.29, 1.82) is 0 Å². The fourth-order valence-electron chi connectivity index (χ4n) is 1.75. The van der Waals surface area contributed by atoms with E-state index in [0.717, 1.165) is 5.06 Å². The summed E-state index contributed by atoms with van der Waals surface area (Å²) in [5.41, 5.74) is -1.01. The van der Waals surface area contributed by atoms with Crippen molar-refractivity contribution in [2.45, 2.75) is 59.8 Å². The highest BCUT2D eigenvalue weighted by atomic mass is 31.2. The van der Waals surface area contributed by atoms with E-state index in [4.69, 9.17) is 9.05 Å². The van der Waals surface area contributed by atoms with Crippen LogP contribution < -0.4 is 0 Å². The molecule has 0 aliphatic carbocycles. The third-order valence-corrected chi connectivity index (χ3v) is 5.28. The SMILES string of the molecule is CCOP(=O)(OC)C(N(O)C(C)(C)C)C(C)(C)C. The molecule has 0 radical (unpaired) electrons. The standard InChI is InChI=1S/C12H28NO4P/c1-9-17-18(15,16-8)10(11(2,3)4)13(14)12(5,6)7/h10,14H,9H2,1-8H3. The van der Waals surface area contributed by atoms with Gasteiger partial charge in [0.25, 0.3) is 0 Å². The molecule has 0 aliphatic rings. The summed E-state index contributed by atoms with van der Waals surface area (Å²) in [5, 5.41) is 11.5. The predicted octanol–water partition coefficient (Wildman–Crippen LogP) is 3.72. The van der Waals surface area contributed by atoms with Gasteiger partial charge in [-0.3, -0.25) is 4.57 Å². The fraction of sp³-hybridized carbons (Fsp3) is 1.00. The number of rotatable bonds is 5. The largest absolute Gasteiger partial charge is 0.350 e. The third-order valence-electron chi connectivity index (χ3n) is 2.56. The van der Waals surface area contributed by atoms with E-state index in [0.29, 0.717) is 0 Å². The van der Waals surface area contributed by atoms with Crippen molar-refractivity contribution < 1.29 is 18.8 Å². The summed E-state index contributed by atoms with van der Waals surface area (Å²) in [5.74, 6) is -0.727. The number of nitrogens with zero attached hydrogens (tertiary/aromatic N) is 1. The van der Waals surface area contributed by atoms with Crippen molar-refractivity contribution in [2.75, 3.05) is 13.7 Å². The van der Waals surface area contributed by atoms with Gasteiger partial charge in [0.1, 0.15) is 5.78 Å². The van der Waals surface area contributed by atoms with Crippen LogP contribution in [0.2, 0.25) is 0 Å². The smallest absolute Gasteiger partial charge is 0.313 e. The molecule has 0 aromatic carbocycles. The molecule has 2 atom stereocenters. The van der Waals surface area contributed by atoms with Gasteiger partial charge in [0, 0.05) is 12.6 Å². The van der Waals surface area contributed by atoms with Crippen LogP contribution in [0, 0.1) is 5.41 Å². The Kier molecular flexibility index (Phi) is 6.04. The van der Waals surface area contributed by atoms with Gasteiger partial charge in [-0.05, 0) is 33.1 Å². The highest BCUT2D eigenvalue weighted by Gasteiger charge is 2.49. The second-order valence-corrected chi connectivity index (χ2v) is 8.59. The lowest BCUT2D eigenvalue weighted by Gasteiger charge is -2.44. The van der Waals surface area contributed by atoms with Gasteiger partial charge in [0.2, 0.25) is 0 Å². The number of hydrogen-bond acceptors (Lipinski definition) is 5. The number of hydrogen-bond donors (Lipinski definition) is 1. The van der Waals surface area contributed by atoms with Crippen LogP contribution in [-0.2, 0) is 13.6 Å². The van der Waals surface area contributed by atoms with Crippen LogP contribution in [0.25, 0.3) is 0 Å². The molecule has 0 aromatic rings. The zero-order chi connectivity index (χ0) is 14.8. The van der Waals surface area contributed by atoms with Gasteiger partial charge in [0.05, 0.1) is 6.61 Å². The zero-order valence-corrected chi connectivity index (χ0v) is 13.7. The first kappa shape index (κ1) is 18.1. The Bertz CT molecular complexity index is 306. The maximum atomic E-state index is 12.8. The Hall–Kier alpha value is 0.0700. The first-order valence-corrected chi connectivity index (χ1v) is 7.79. The average molecular weight is 281 g/mol. The molecular formula is C12H28NO4P.